The van der Waals surface area contributed by atoms with Crippen molar-refractivity contribution >= 4 is 17.5 Å². The average molecular weight is 372 g/mol. The first-order valence-corrected chi connectivity index (χ1v) is 9.56. The molecular weight excluding hydrogens is 348 g/mol. The SMILES string of the molecule is Cc1c(Cl)c(C(F)F)nn1[C@@H](C)C(=O)NC1C2CC3CC(C2)CC1C3. The molecule has 25 heavy (non-hydrogen) atoms. The molecule has 0 radical (unpaired) electrons. The molecule has 0 aliphatic heterocycles. The van der Waals surface area contributed by atoms with Crippen molar-refractivity contribution < 1.29 is 13.6 Å². The van der Waals surface area contributed by atoms with E-state index in [1.807, 2.05) is 0 Å². The number of aromatic nitrogens is 2. The predicted octanol–water partition coefficient (Wildman–Crippen LogP) is 4.28. The minimum absolute atomic E-state index is 0.0516. The number of alkyl halides is 2. The first kappa shape index (κ1) is 17.3. The smallest absolute Gasteiger partial charge is 0.283 e. The molecule has 0 aromatic carbocycles. The van der Waals surface area contributed by atoms with Gasteiger partial charge >= 0.3 is 0 Å². The van der Waals surface area contributed by atoms with Crippen molar-refractivity contribution in [1.82, 2.24) is 15.1 Å². The number of carbonyl (C=O) groups is 1. The highest BCUT2D eigenvalue weighted by molar-refractivity contribution is 6.31. The molecule has 5 rings (SSSR count). The van der Waals surface area contributed by atoms with Crippen LogP contribution in [0.5, 0.6) is 0 Å². The lowest BCUT2D eigenvalue weighted by Crippen LogP contribution is -2.56. The second-order valence-corrected chi connectivity index (χ2v) is 8.55. The van der Waals surface area contributed by atoms with E-state index in [1.165, 1.54) is 36.8 Å². The van der Waals surface area contributed by atoms with Crippen molar-refractivity contribution in [2.45, 2.75) is 64.5 Å². The summed E-state index contributed by atoms with van der Waals surface area (Å²) in [4.78, 5) is 12.8. The fraction of sp³-hybridized carbons (Fsp3) is 0.778. The molecule has 1 aromatic heterocycles. The maximum atomic E-state index is 13.0. The average Bonchev–Trinajstić information content (AvgIpc) is 2.85. The maximum Gasteiger partial charge on any atom is 0.283 e. The van der Waals surface area contributed by atoms with Crippen LogP contribution in [0, 0.1) is 30.6 Å². The highest BCUT2D eigenvalue weighted by Crippen LogP contribution is 2.53. The molecule has 4 bridgehead atoms. The fourth-order valence-corrected chi connectivity index (χ4v) is 5.80. The second-order valence-electron chi connectivity index (χ2n) is 8.17. The normalized spacial score (nSPS) is 34.6. The van der Waals surface area contributed by atoms with Gasteiger partial charge in [0.05, 0.1) is 10.7 Å². The van der Waals surface area contributed by atoms with E-state index >= 15 is 0 Å². The first-order valence-electron chi connectivity index (χ1n) is 9.18. The Bertz CT molecular complexity index is 662. The van der Waals surface area contributed by atoms with Crippen molar-refractivity contribution in [1.29, 1.82) is 0 Å². The third kappa shape index (κ3) is 2.86. The van der Waals surface area contributed by atoms with Gasteiger partial charge in [0.1, 0.15) is 11.7 Å². The van der Waals surface area contributed by atoms with Gasteiger partial charge in [-0.1, -0.05) is 11.6 Å². The Hall–Kier alpha value is -1.17. The lowest BCUT2D eigenvalue weighted by atomic mass is 9.54. The number of amides is 1. The molecule has 1 amide bonds. The van der Waals surface area contributed by atoms with Crippen LogP contribution in [0.1, 0.15) is 62.9 Å². The van der Waals surface area contributed by atoms with E-state index in [4.69, 9.17) is 11.6 Å². The summed E-state index contributed by atoms with van der Waals surface area (Å²) in [7, 11) is 0. The predicted molar refractivity (Wildman–Crippen MR) is 90.6 cm³/mol. The number of halogens is 3. The van der Waals surface area contributed by atoms with Gasteiger partial charge in [0.25, 0.3) is 6.43 Å². The number of rotatable bonds is 4. The summed E-state index contributed by atoms with van der Waals surface area (Å²) in [6, 6.07) is -0.425. The van der Waals surface area contributed by atoms with E-state index in [0.29, 0.717) is 17.5 Å². The van der Waals surface area contributed by atoms with Gasteiger partial charge in [0, 0.05) is 6.04 Å². The minimum Gasteiger partial charge on any atom is -0.351 e. The van der Waals surface area contributed by atoms with Crippen LogP contribution in [0.2, 0.25) is 5.02 Å². The number of carbonyl (C=O) groups excluding carboxylic acids is 1. The summed E-state index contributed by atoms with van der Waals surface area (Å²) in [6.07, 6.45) is 3.49. The van der Waals surface area contributed by atoms with Crippen LogP contribution in [-0.2, 0) is 4.79 Å². The molecule has 7 heteroatoms. The Morgan fingerprint density at radius 2 is 1.76 bits per heavy atom. The number of nitrogens with zero attached hydrogens (tertiary/aromatic N) is 2. The maximum absolute atomic E-state index is 13.0. The van der Waals surface area contributed by atoms with E-state index < -0.39 is 18.2 Å². The molecule has 1 atom stereocenters. The molecule has 4 saturated carbocycles. The summed E-state index contributed by atoms with van der Waals surface area (Å²) in [5.41, 5.74) is -0.0434. The third-order valence-electron chi connectivity index (χ3n) is 6.59. The topological polar surface area (TPSA) is 46.9 Å². The Balaban J connectivity index is 1.49. The Labute approximate surface area is 151 Å². The molecule has 4 fully saturated rings. The number of nitrogens with one attached hydrogen (secondary N) is 1. The third-order valence-corrected chi connectivity index (χ3v) is 7.06. The van der Waals surface area contributed by atoms with E-state index in [1.54, 1.807) is 13.8 Å². The van der Waals surface area contributed by atoms with Crippen molar-refractivity contribution in [2.75, 3.05) is 0 Å². The van der Waals surface area contributed by atoms with Gasteiger partial charge < -0.3 is 5.32 Å². The van der Waals surface area contributed by atoms with E-state index in [0.717, 1.165) is 11.8 Å². The summed E-state index contributed by atoms with van der Waals surface area (Å²) < 4.78 is 27.3. The quantitative estimate of drug-likeness (QED) is 0.858. The van der Waals surface area contributed by atoms with Gasteiger partial charge in [-0.05, 0) is 69.6 Å². The Morgan fingerprint density at radius 1 is 1.20 bits per heavy atom. The molecular formula is C18H24ClF2N3O. The molecule has 1 heterocycles. The standard InChI is InChI=1S/C18H24ClF2N3O/c1-8-14(19)16(17(20)21)23-24(8)9(2)18(25)22-15-12-4-10-3-11(6-12)7-13(15)5-10/h9-13,15,17H,3-7H2,1-2H3,(H,22,25)/t9-,10?,11?,12?,13?,15?/m0/s1. The van der Waals surface area contributed by atoms with Crippen molar-refractivity contribution in [3.05, 3.63) is 16.4 Å². The van der Waals surface area contributed by atoms with E-state index in [9.17, 15) is 13.6 Å². The van der Waals surface area contributed by atoms with Crippen LogP contribution in [0.15, 0.2) is 0 Å². The zero-order chi connectivity index (χ0) is 17.9. The molecule has 0 saturated heterocycles. The van der Waals surface area contributed by atoms with Gasteiger partial charge in [0.15, 0.2) is 0 Å². The van der Waals surface area contributed by atoms with E-state index in [-0.39, 0.29) is 17.0 Å². The van der Waals surface area contributed by atoms with Crippen molar-refractivity contribution in [3.63, 3.8) is 0 Å². The van der Waals surface area contributed by atoms with Gasteiger partial charge in [-0.15, -0.1) is 0 Å². The lowest BCUT2D eigenvalue weighted by molar-refractivity contribution is -0.128. The van der Waals surface area contributed by atoms with Gasteiger partial charge in [0.2, 0.25) is 5.91 Å². The van der Waals surface area contributed by atoms with Crippen molar-refractivity contribution in [3.8, 4) is 0 Å². The van der Waals surface area contributed by atoms with Crippen LogP contribution in [-0.4, -0.2) is 21.7 Å². The molecule has 138 valence electrons. The Kier molecular flexibility index (Phi) is 4.29. The number of hydrogen-bond acceptors (Lipinski definition) is 2. The van der Waals surface area contributed by atoms with E-state index in [2.05, 4.69) is 10.4 Å². The molecule has 1 N–H and O–H groups in total. The summed E-state index contributed by atoms with van der Waals surface area (Å²) in [5.74, 6) is 2.68. The fourth-order valence-electron chi connectivity index (χ4n) is 5.59. The molecule has 4 aliphatic rings. The summed E-state index contributed by atoms with van der Waals surface area (Å²) in [5, 5.41) is 7.05. The van der Waals surface area contributed by atoms with Crippen LogP contribution < -0.4 is 5.32 Å². The van der Waals surface area contributed by atoms with Gasteiger partial charge in [-0.3, -0.25) is 9.48 Å². The molecule has 0 unspecified atom stereocenters. The highest BCUT2D eigenvalue weighted by Gasteiger charge is 2.48. The van der Waals surface area contributed by atoms with Gasteiger partial charge in [-0.25, -0.2) is 8.78 Å². The van der Waals surface area contributed by atoms with Crippen molar-refractivity contribution in [2.24, 2.45) is 23.7 Å². The first-order chi connectivity index (χ1) is 11.8. The monoisotopic (exact) mass is 371 g/mol. The van der Waals surface area contributed by atoms with Gasteiger partial charge in [-0.2, -0.15) is 5.10 Å². The van der Waals surface area contributed by atoms with Crippen LogP contribution in [0.3, 0.4) is 0 Å². The Morgan fingerprint density at radius 3 is 2.24 bits per heavy atom. The van der Waals surface area contributed by atoms with Crippen LogP contribution >= 0.6 is 11.6 Å². The second kappa shape index (κ2) is 6.22. The highest BCUT2D eigenvalue weighted by atomic mass is 35.5. The zero-order valence-electron chi connectivity index (χ0n) is 14.5. The van der Waals surface area contributed by atoms with Crippen LogP contribution in [0.25, 0.3) is 0 Å². The lowest BCUT2D eigenvalue weighted by Gasteiger charge is -2.54. The molecule has 0 spiro atoms. The molecule has 4 nitrogen and oxygen atoms in total. The summed E-state index contributed by atoms with van der Waals surface area (Å²) in [6.45, 7) is 3.31. The summed E-state index contributed by atoms with van der Waals surface area (Å²) >= 11 is 5.95. The zero-order valence-corrected chi connectivity index (χ0v) is 15.3. The minimum atomic E-state index is -2.74. The molecule has 4 aliphatic carbocycles. The largest absolute Gasteiger partial charge is 0.351 e. The number of hydrogen-bond donors (Lipinski definition) is 1. The van der Waals surface area contributed by atoms with Crippen LogP contribution in [0.4, 0.5) is 8.78 Å². The molecule has 1 aromatic rings.